The highest BCUT2D eigenvalue weighted by Crippen LogP contribution is 2.28. The van der Waals surface area contributed by atoms with Crippen LogP contribution in [0, 0.1) is 11.8 Å². The van der Waals surface area contributed by atoms with E-state index in [-0.39, 0.29) is 35.7 Å². The van der Waals surface area contributed by atoms with Gasteiger partial charge >= 0.3 is 23.9 Å². The number of rotatable bonds is 67. The average molecular weight is 1130 g/mol. The van der Waals surface area contributed by atoms with Crippen LogP contribution in [0.3, 0.4) is 0 Å². The van der Waals surface area contributed by atoms with E-state index in [2.05, 4.69) is 27.7 Å². The first-order valence-corrected chi connectivity index (χ1v) is 36.0. The molecular formula is C72H138O8. The summed E-state index contributed by atoms with van der Waals surface area (Å²) in [5, 5.41) is 0. The number of hydrogen-bond donors (Lipinski definition) is 0. The first-order chi connectivity index (χ1) is 39.4. The molecule has 0 unspecified atom stereocenters. The fourth-order valence-electron chi connectivity index (χ4n) is 11.4. The van der Waals surface area contributed by atoms with Gasteiger partial charge in [-0.2, -0.15) is 0 Å². The first kappa shape index (κ1) is 77.9. The van der Waals surface area contributed by atoms with Crippen LogP contribution in [0.25, 0.3) is 0 Å². The summed E-state index contributed by atoms with van der Waals surface area (Å²) >= 11 is 0. The zero-order valence-corrected chi connectivity index (χ0v) is 54.3. The molecule has 0 fully saturated rings. The number of unbranched alkanes of at least 4 members (excludes halogenated alkanes) is 44. The van der Waals surface area contributed by atoms with E-state index < -0.39 is 0 Å². The zero-order valence-electron chi connectivity index (χ0n) is 54.3. The van der Waals surface area contributed by atoms with E-state index in [0.717, 1.165) is 64.2 Å². The Bertz CT molecular complexity index is 1100. The van der Waals surface area contributed by atoms with E-state index in [1.165, 1.54) is 257 Å². The van der Waals surface area contributed by atoms with E-state index in [1.54, 1.807) is 0 Å². The monoisotopic (exact) mass is 1130 g/mol. The molecule has 0 aliphatic carbocycles. The van der Waals surface area contributed by atoms with Gasteiger partial charge in [0.2, 0.25) is 0 Å². The number of hydrogen-bond acceptors (Lipinski definition) is 8. The minimum absolute atomic E-state index is 0.131. The van der Waals surface area contributed by atoms with Crippen molar-refractivity contribution in [3.05, 3.63) is 0 Å². The van der Waals surface area contributed by atoms with Crippen LogP contribution in [0.2, 0.25) is 0 Å². The lowest BCUT2D eigenvalue weighted by molar-refractivity contribution is -0.146. The minimum atomic E-state index is -0.156. The van der Waals surface area contributed by atoms with Gasteiger partial charge in [-0.15, -0.1) is 0 Å². The van der Waals surface area contributed by atoms with Gasteiger partial charge in [0, 0.05) is 25.7 Å². The van der Waals surface area contributed by atoms with Crippen molar-refractivity contribution in [1.82, 2.24) is 0 Å². The van der Waals surface area contributed by atoms with Gasteiger partial charge in [0.25, 0.3) is 0 Å². The quantitative estimate of drug-likeness (QED) is 0.0337. The van der Waals surface area contributed by atoms with Crippen molar-refractivity contribution >= 4 is 23.9 Å². The van der Waals surface area contributed by atoms with Gasteiger partial charge in [-0.3, -0.25) is 19.2 Å². The number of carbonyl (C=O) groups is 4. The Morgan fingerprint density at radius 1 is 0.200 bits per heavy atom. The SMILES string of the molecule is CCCCCCCCCCCCCCOC(=O)CCC(CCC(=O)OCCCCCCCCCCCCCC)CCC(CCC(=O)OCCCCCCCCCCCCCC)CCC(=O)OCCCCCCCCCCCCCC. The third-order valence-electron chi connectivity index (χ3n) is 17.1. The highest BCUT2D eigenvalue weighted by atomic mass is 16.5. The summed E-state index contributed by atoms with van der Waals surface area (Å²) in [5.74, 6) is -0.364. The van der Waals surface area contributed by atoms with Crippen LogP contribution in [0.5, 0.6) is 0 Å². The van der Waals surface area contributed by atoms with Gasteiger partial charge in [0.05, 0.1) is 26.4 Å². The smallest absolute Gasteiger partial charge is 0.305 e. The minimum Gasteiger partial charge on any atom is -0.466 e. The Labute approximate surface area is 498 Å². The summed E-state index contributed by atoms with van der Waals surface area (Å²) in [5.41, 5.74) is 0. The van der Waals surface area contributed by atoms with Crippen molar-refractivity contribution in [3.8, 4) is 0 Å². The lowest BCUT2D eigenvalue weighted by Crippen LogP contribution is -2.15. The fraction of sp³-hybridized carbons (Fsp3) is 0.944. The normalized spacial score (nSPS) is 11.5. The highest BCUT2D eigenvalue weighted by molar-refractivity contribution is 5.70. The van der Waals surface area contributed by atoms with Crippen molar-refractivity contribution in [1.29, 1.82) is 0 Å². The molecule has 0 radical (unpaired) electrons. The van der Waals surface area contributed by atoms with Gasteiger partial charge < -0.3 is 18.9 Å². The van der Waals surface area contributed by atoms with Crippen LogP contribution >= 0.6 is 0 Å². The molecule has 0 aliphatic rings. The van der Waals surface area contributed by atoms with Crippen LogP contribution in [0.4, 0.5) is 0 Å². The maximum atomic E-state index is 13.1. The van der Waals surface area contributed by atoms with Crippen molar-refractivity contribution in [2.24, 2.45) is 11.8 Å². The molecule has 0 bridgehead atoms. The molecule has 0 atom stereocenters. The van der Waals surface area contributed by atoms with Gasteiger partial charge in [0.15, 0.2) is 0 Å². The summed E-state index contributed by atoms with van der Waals surface area (Å²) in [6.45, 7) is 11.0. The van der Waals surface area contributed by atoms with Crippen molar-refractivity contribution in [2.75, 3.05) is 26.4 Å². The molecule has 0 saturated heterocycles. The average Bonchev–Trinajstić information content (AvgIpc) is 3.46. The molecule has 0 aliphatic heterocycles. The van der Waals surface area contributed by atoms with E-state index in [1.807, 2.05) is 0 Å². The largest absolute Gasteiger partial charge is 0.466 e. The molecule has 0 spiro atoms. The van der Waals surface area contributed by atoms with E-state index >= 15 is 0 Å². The molecule has 0 aromatic carbocycles. The maximum Gasteiger partial charge on any atom is 0.305 e. The Morgan fingerprint density at radius 3 is 0.487 bits per heavy atom. The molecule has 80 heavy (non-hydrogen) atoms. The first-order valence-electron chi connectivity index (χ1n) is 36.0. The van der Waals surface area contributed by atoms with Gasteiger partial charge in [-0.25, -0.2) is 0 Å². The predicted molar refractivity (Wildman–Crippen MR) is 341 cm³/mol. The molecule has 0 saturated carbocycles. The molecule has 474 valence electrons. The highest BCUT2D eigenvalue weighted by Gasteiger charge is 2.20. The second kappa shape index (κ2) is 66.0. The number of carbonyl (C=O) groups excluding carboxylic acids is 4. The summed E-state index contributed by atoms with van der Waals surface area (Å²) in [6.07, 6.45) is 66.5. The molecule has 0 rings (SSSR count). The third-order valence-corrected chi connectivity index (χ3v) is 17.1. The second-order valence-corrected chi connectivity index (χ2v) is 24.9. The van der Waals surface area contributed by atoms with Crippen LogP contribution in [0.15, 0.2) is 0 Å². The zero-order chi connectivity index (χ0) is 58.1. The van der Waals surface area contributed by atoms with Crippen molar-refractivity contribution < 1.29 is 38.1 Å². The molecule has 0 heterocycles. The fourth-order valence-corrected chi connectivity index (χ4v) is 11.4. The topological polar surface area (TPSA) is 105 Å². The molecular weight excluding hydrogens is 993 g/mol. The molecule has 8 heteroatoms. The lowest BCUT2D eigenvalue weighted by Gasteiger charge is -2.21. The summed E-state index contributed by atoms with van der Waals surface area (Å²) in [7, 11) is 0. The summed E-state index contributed by atoms with van der Waals surface area (Å²) in [6, 6.07) is 0. The lowest BCUT2D eigenvalue weighted by atomic mass is 9.85. The second-order valence-electron chi connectivity index (χ2n) is 24.9. The van der Waals surface area contributed by atoms with Gasteiger partial charge in [0.1, 0.15) is 0 Å². The summed E-state index contributed by atoms with van der Waals surface area (Å²) in [4.78, 5) is 52.3. The van der Waals surface area contributed by atoms with Gasteiger partial charge in [-0.1, -0.05) is 323 Å². The number of esters is 4. The van der Waals surface area contributed by atoms with Crippen LogP contribution in [0.1, 0.15) is 400 Å². The van der Waals surface area contributed by atoms with E-state index in [4.69, 9.17) is 18.9 Å². The van der Waals surface area contributed by atoms with Crippen LogP contribution in [-0.2, 0) is 38.1 Å². The van der Waals surface area contributed by atoms with E-state index in [0.29, 0.717) is 77.8 Å². The third kappa shape index (κ3) is 61.9. The maximum absolute atomic E-state index is 13.1. The van der Waals surface area contributed by atoms with Crippen molar-refractivity contribution in [2.45, 2.75) is 400 Å². The molecule has 0 aromatic rings. The van der Waals surface area contributed by atoms with Gasteiger partial charge in [-0.05, 0) is 63.2 Å². The molecule has 0 amide bonds. The molecule has 0 aromatic heterocycles. The standard InChI is InChI=1S/C72H138O8/c1-5-9-13-17-21-25-29-33-37-41-45-49-63-77-69(73)59-55-67(56-60-70(74)78-64-50-46-42-38-34-30-26-22-18-14-10-6-2)53-54-68(57-61-71(75)79-65-51-47-43-39-35-31-27-23-19-15-11-7-3)58-62-72(76)80-66-52-48-44-40-36-32-28-24-20-16-12-8-4/h67-68H,5-66H2,1-4H3. The number of ether oxygens (including phenoxy) is 4. The Morgan fingerprint density at radius 2 is 0.338 bits per heavy atom. The van der Waals surface area contributed by atoms with E-state index in [9.17, 15) is 19.2 Å². The summed E-state index contributed by atoms with van der Waals surface area (Å²) < 4.78 is 22.9. The molecule has 8 nitrogen and oxygen atoms in total. The Balaban J connectivity index is 5.24. The Kier molecular flexibility index (Phi) is 64.3. The van der Waals surface area contributed by atoms with Crippen LogP contribution < -0.4 is 0 Å². The Hall–Kier alpha value is -2.12. The van der Waals surface area contributed by atoms with Crippen LogP contribution in [-0.4, -0.2) is 50.3 Å². The molecule has 0 N–H and O–H groups in total. The predicted octanol–water partition coefficient (Wildman–Crippen LogP) is 23.1. The van der Waals surface area contributed by atoms with Crippen molar-refractivity contribution in [3.63, 3.8) is 0 Å².